The number of carbonyl (C=O) groups excluding carboxylic acids is 2. The standard InChI is InChI=1S/C26H33N3O4S/c1-3-20-7-9-22(10-8-20)27-25(30)18-29-24-12-11-23(17-21(24)5-4-6-26(29)31)34(32,33)28-15-13-19(2)14-16-28/h7-12,17,19H,3-6,13-16,18H2,1-2H3,(H,27,30). The molecule has 0 saturated carbocycles. The van der Waals surface area contributed by atoms with Gasteiger partial charge in [0.2, 0.25) is 21.8 Å². The number of sulfonamides is 1. The molecule has 0 atom stereocenters. The summed E-state index contributed by atoms with van der Waals surface area (Å²) in [4.78, 5) is 27.3. The number of hydrogen-bond acceptors (Lipinski definition) is 4. The molecule has 0 aliphatic carbocycles. The van der Waals surface area contributed by atoms with Crippen molar-refractivity contribution in [1.82, 2.24) is 4.31 Å². The summed E-state index contributed by atoms with van der Waals surface area (Å²) in [6.45, 7) is 5.17. The van der Waals surface area contributed by atoms with Crippen molar-refractivity contribution in [2.45, 2.75) is 57.3 Å². The average Bonchev–Trinajstić information content (AvgIpc) is 2.98. The quantitative estimate of drug-likeness (QED) is 0.673. The van der Waals surface area contributed by atoms with Crippen molar-refractivity contribution in [3.63, 3.8) is 0 Å². The molecule has 2 aromatic carbocycles. The fourth-order valence-corrected chi connectivity index (χ4v) is 6.12. The van der Waals surface area contributed by atoms with Gasteiger partial charge in [0.05, 0.1) is 4.90 Å². The summed E-state index contributed by atoms with van der Waals surface area (Å²) in [7, 11) is -3.58. The third-order valence-electron chi connectivity index (χ3n) is 6.81. The van der Waals surface area contributed by atoms with Crippen molar-refractivity contribution in [2.75, 3.05) is 29.9 Å². The zero-order chi connectivity index (χ0) is 24.3. The van der Waals surface area contributed by atoms with Crippen molar-refractivity contribution in [1.29, 1.82) is 0 Å². The third-order valence-corrected chi connectivity index (χ3v) is 8.70. The molecule has 2 aliphatic heterocycles. The fourth-order valence-electron chi connectivity index (χ4n) is 4.60. The van der Waals surface area contributed by atoms with Crippen LogP contribution in [0.15, 0.2) is 47.4 Å². The Labute approximate surface area is 202 Å². The maximum Gasteiger partial charge on any atom is 0.244 e. The van der Waals surface area contributed by atoms with Gasteiger partial charge in [-0.25, -0.2) is 8.42 Å². The highest BCUT2D eigenvalue weighted by molar-refractivity contribution is 7.89. The summed E-state index contributed by atoms with van der Waals surface area (Å²) in [5.74, 6) is 0.120. The molecule has 0 bridgehead atoms. The molecule has 7 nitrogen and oxygen atoms in total. The van der Waals surface area contributed by atoms with Crippen molar-refractivity contribution < 1.29 is 18.0 Å². The van der Waals surface area contributed by atoms with Crippen LogP contribution in [0.2, 0.25) is 0 Å². The molecule has 1 fully saturated rings. The first-order chi connectivity index (χ1) is 16.3. The van der Waals surface area contributed by atoms with Gasteiger partial charge in [0.1, 0.15) is 6.54 Å². The average molecular weight is 484 g/mol. The van der Waals surface area contributed by atoms with Crippen LogP contribution in [0.1, 0.15) is 50.7 Å². The second-order valence-corrected chi connectivity index (χ2v) is 11.2. The molecule has 0 radical (unpaired) electrons. The van der Waals surface area contributed by atoms with Gasteiger partial charge in [-0.3, -0.25) is 9.59 Å². The molecule has 0 spiro atoms. The normalized spacial score (nSPS) is 17.8. The monoisotopic (exact) mass is 483 g/mol. The molecule has 4 rings (SSSR count). The van der Waals surface area contributed by atoms with Crippen LogP contribution in [0, 0.1) is 5.92 Å². The van der Waals surface area contributed by atoms with E-state index in [1.807, 2.05) is 24.3 Å². The zero-order valence-corrected chi connectivity index (χ0v) is 20.7. The van der Waals surface area contributed by atoms with Crippen LogP contribution in [0.4, 0.5) is 11.4 Å². The molecule has 0 unspecified atom stereocenters. The van der Waals surface area contributed by atoms with E-state index >= 15 is 0 Å². The van der Waals surface area contributed by atoms with Gasteiger partial charge in [0.15, 0.2) is 0 Å². The lowest BCUT2D eigenvalue weighted by molar-refractivity contribution is -0.121. The van der Waals surface area contributed by atoms with E-state index in [2.05, 4.69) is 19.2 Å². The van der Waals surface area contributed by atoms with E-state index in [0.29, 0.717) is 49.6 Å². The minimum Gasteiger partial charge on any atom is -0.325 e. The second kappa shape index (κ2) is 10.3. The number of anilines is 2. The Hall–Kier alpha value is -2.71. The van der Waals surface area contributed by atoms with E-state index in [1.54, 1.807) is 22.5 Å². The van der Waals surface area contributed by atoms with Crippen LogP contribution in [-0.2, 0) is 32.5 Å². The number of benzene rings is 2. The highest BCUT2D eigenvalue weighted by Gasteiger charge is 2.30. The van der Waals surface area contributed by atoms with Gasteiger partial charge >= 0.3 is 0 Å². The number of carbonyl (C=O) groups is 2. The lowest BCUT2D eigenvalue weighted by atomic mass is 10.0. The zero-order valence-electron chi connectivity index (χ0n) is 19.9. The number of rotatable bonds is 6. The Kier molecular flexibility index (Phi) is 7.38. The fraction of sp³-hybridized carbons (Fsp3) is 0.462. The first-order valence-corrected chi connectivity index (χ1v) is 13.5. The smallest absolute Gasteiger partial charge is 0.244 e. The Balaban J connectivity index is 1.54. The Morgan fingerprint density at radius 2 is 1.76 bits per heavy atom. The predicted octanol–water partition coefficient (Wildman–Crippen LogP) is 3.98. The van der Waals surface area contributed by atoms with E-state index in [4.69, 9.17) is 0 Å². The maximum absolute atomic E-state index is 13.2. The van der Waals surface area contributed by atoms with Crippen LogP contribution in [0.25, 0.3) is 0 Å². The lowest BCUT2D eigenvalue weighted by Gasteiger charge is -2.30. The molecule has 182 valence electrons. The number of nitrogens with zero attached hydrogens (tertiary/aromatic N) is 2. The van der Waals surface area contributed by atoms with Crippen LogP contribution in [-0.4, -0.2) is 44.2 Å². The maximum atomic E-state index is 13.2. The van der Waals surface area contributed by atoms with Crippen molar-refractivity contribution in [3.05, 3.63) is 53.6 Å². The highest BCUT2D eigenvalue weighted by atomic mass is 32.2. The number of aryl methyl sites for hydroxylation is 2. The lowest BCUT2D eigenvalue weighted by Crippen LogP contribution is -2.38. The minimum atomic E-state index is -3.58. The molecule has 2 amide bonds. The Bertz CT molecular complexity index is 1150. The summed E-state index contributed by atoms with van der Waals surface area (Å²) < 4.78 is 28.0. The molecule has 1 saturated heterocycles. The Morgan fingerprint density at radius 3 is 2.44 bits per heavy atom. The van der Waals surface area contributed by atoms with E-state index in [9.17, 15) is 18.0 Å². The molecule has 34 heavy (non-hydrogen) atoms. The van der Waals surface area contributed by atoms with Crippen LogP contribution in [0.5, 0.6) is 0 Å². The molecule has 0 aromatic heterocycles. The molecule has 2 aromatic rings. The van der Waals surface area contributed by atoms with E-state index in [0.717, 1.165) is 24.8 Å². The number of fused-ring (bicyclic) bond motifs is 1. The number of nitrogens with one attached hydrogen (secondary N) is 1. The van der Waals surface area contributed by atoms with Gasteiger partial charge in [-0.2, -0.15) is 4.31 Å². The van der Waals surface area contributed by atoms with E-state index in [-0.39, 0.29) is 23.3 Å². The molecule has 2 aliphatic rings. The van der Waals surface area contributed by atoms with Gasteiger partial charge < -0.3 is 10.2 Å². The van der Waals surface area contributed by atoms with Crippen LogP contribution < -0.4 is 10.2 Å². The SMILES string of the molecule is CCc1ccc(NC(=O)CN2C(=O)CCCc3cc(S(=O)(=O)N4CCC(C)CC4)ccc32)cc1. The number of piperidine rings is 1. The van der Waals surface area contributed by atoms with Gasteiger partial charge in [0, 0.05) is 30.9 Å². The predicted molar refractivity (Wildman–Crippen MR) is 133 cm³/mol. The van der Waals surface area contributed by atoms with Crippen molar-refractivity contribution in [2.24, 2.45) is 5.92 Å². The summed E-state index contributed by atoms with van der Waals surface area (Å²) in [5.41, 5.74) is 3.27. The summed E-state index contributed by atoms with van der Waals surface area (Å²) in [6.07, 6.45) is 4.18. The Morgan fingerprint density at radius 1 is 1.06 bits per heavy atom. The summed E-state index contributed by atoms with van der Waals surface area (Å²) >= 11 is 0. The molecular formula is C26H33N3O4S. The van der Waals surface area contributed by atoms with E-state index < -0.39 is 10.0 Å². The van der Waals surface area contributed by atoms with Crippen molar-refractivity contribution in [3.8, 4) is 0 Å². The highest BCUT2D eigenvalue weighted by Crippen LogP contribution is 2.31. The van der Waals surface area contributed by atoms with Crippen molar-refractivity contribution >= 4 is 33.2 Å². The summed E-state index contributed by atoms with van der Waals surface area (Å²) in [5, 5.41) is 2.86. The van der Waals surface area contributed by atoms with Crippen LogP contribution >= 0.6 is 0 Å². The largest absolute Gasteiger partial charge is 0.325 e. The van der Waals surface area contributed by atoms with Gasteiger partial charge in [-0.15, -0.1) is 0 Å². The first kappa shape index (κ1) is 24.4. The molecule has 2 heterocycles. The molecule has 8 heteroatoms. The molecule has 1 N–H and O–H groups in total. The first-order valence-electron chi connectivity index (χ1n) is 12.1. The third kappa shape index (κ3) is 5.33. The van der Waals surface area contributed by atoms with Crippen LogP contribution in [0.3, 0.4) is 0 Å². The second-order valence-electron chi connectivity index (χ2n) is 9.31. The molecular weight excluding hydrogens is 450 g/mol. The van der Waals surface area contributed by atoms with Gasteiger partial charge in [-0.1, -0.05) is 26.0 Å². The summed E-state index contributed by atoms with van der Waals surface area (Å²) in [6, 6.07) is 12.6. The van der Waals surface area contributed by atoms with Gasteiger partial charge in [0.25, 0.3) is 0 Å². The topological polar surface area (TPSA) is 86.8 Å². The number of hydrogen-bond donors (Lipinski definition) is 1. The number of amides is 2. The minimum absolute atomic E-state index is 0.114. The van der Waals surface area contributed by atoms with Gasteiger partial charge in [-0.05, 0) is 79.5 Å². The van der Waals surface area contributed by atoms with E-state index in [1.165, 1.54) is 10.5 Å².